The molecule has 8 heteroatoms. The lowest BCUT2D eigenvalue weighted by molar-refractivity contribution is 0.840. The van der Waals surface area contributed by atoms with Crippen molar-refractivity contribution >= 4 is 22.4 Å². The minimum absolute atomic E-state index is 0.509. The Balaban J connectivity index is 2.41. The molecular weight excluding hydrogens is 208 g/mol. The zero-order chi connectivity index (χ0) is 11.0. The molecule has 0 atom stereocenters. The molecule has 0 spiro atoms. The van der Waals surface area contributed by atoms with E-state index in [2.05, 4.69) is 30.5 Å². The van der Waals surface area contributed by atoms with Gasteiger partial charge in [0.2, 0.25) is 0 Å². The summed E-state index contributed by atoms with van der Waals surface area (Å²) in [6.07, 6.45) is 1.56. The number of fused-ring (bicyclic) bond motifs is 3. The van der Waals surface area contributed by atoms with Crippen molar-refractivity contribution in [1.29, 1.82) is 0 Å². The van der Waals surface area contributed by atoms with Crippen LogP contribution in [0.4, 0.5) is 5.69 Å². The molecule has 76 valence electrons. The van der Waals surface area contributed by atoms with Gasteiger partial charge in [-0.15, -0.1) is 5.10 Å². The van der Waals surface area contributed by atoms with Gasteiger partial charge in [0.25, 0.3) is 0 Å². The van der Waals surface area contributed by atoms with Crippen molar-refractivity contribution < 1.29 is 0 Å². The second-order valence-corrected chi connectivity index (χ2v) is 3.07. The van der Waals surface area contributed by atoms with Crippen LogP contribution in [0, 0.1) is 0 Å². The van der Waals surface area contributed by atoms with Gasteiger partial charge in [-0.2, -0.15) is 4.52 Å². The molecule has 0 saturated carbocycles. The topological polar surface area (TPSA) is 105 Å². The SMILES string of the molecule is [N-]=[N+]=Nc1ccc2c(c1)ncc1nnnn12. The lowest BCUT2D eigenvalue weighted by Gasteiger charge is -1.99. The van der Waals surface area contributed by atoms with Gasteiger partial charge in [-0.3, -0.25) is 4.98 Å². The number of nitrogens with zero attached hydrogens (tertiary/aromatic N) is 8. The second kappa shape index (κ2) is 3.14. The summed E-state index contributed by atoms with van der Waals surface area (Å²) < 4.78 is 1.57. The highest BCUT2D eigenvalue weighted by Gasteiger charge is 2.03. The molecule has 1 aromatic carbocycles. The predicted octanol–water partition coefficient (Wildman–Crippen LogP) is 1.61. The molecule has 16 heavy (non-hydrogen) atoms. The Kier molecular flexibility index (Phi) is 1.68. The van der Waals surface area contributed by atoms with E-state index in [1.54, 1.807) is 28.9 Å². The van der Waals surface area contributed by atoms with Crippen molar-refractivity contribution in [3.8, 4) is 0 Å². The van der Waals surface area contributed by atoms with Gasteiger partial charge >= 0.3 is 0 Å². The smallest absolute Gasteiger partial charge is 0.198 e. The van der Waals surface area contributed by atoms with Crippen molar-refractivity contribution in [2.45, 2.75) is 0 Å². The van der Waals surface area contributed by atoms with E-state index >= 15 is 0 Å². The van der Waals surface area contributed by atoms with Gasteiger partial charge in [-0.05, 0) is 28.1 Å². The average molecular weight is 212 g/mol. The number of benzene rings is 1. The van der Waals surface area contributed by atoms with Gasteiger partial charge < -0.3 is 0 Å². The van der Waals surface area contributed by atoms with Gasteiger partial charge in [0.1, 0.15) is 0 Å². The number of hydrogen-bond donors (Lipinski definition) is 0. The summed E-state index contributed by atoms with van der Waals surface area (Å²) in [4.78, 5) is 6.89. The third-order valence-corrected chi connectivity index (χ3v) is 2.16. The number of tetrazole rings is 1. The molecule has 0 aliphatic rings. The number of aromatic nitrogens is 5. The first kappa shape index (κ1) is 8.57. The molecule has 3 aromatic rings. The van der Waals surface area contributed by atoms with Gasteiger partial charge in [-0.25, -0.2) is 0 Å². The molecule has 0 bridgehead atoms. The highest BCUT2D eigenvalue weighted by atomic mass is 15.5. The molecule has 0 unspecified atom stereocenters. The molecule has 8 nitrogen and oxygen atoms in total. The third kappa shape index (κ3) is 1.14. The highest BCUT2D eigenvalue weighted by Crippen LogP contribution is 2.19. The van der Waals surface area contributed by atoms with Crippen molar-refractivity contribution in [1.82, 2.24) is 25.0 Å². The summed E-state index contributed by atoms with van der Waals surface area (Å²) in [6.45, 7) is 0. The van der Waals surface area contributed by atoms with Crippen LogP contribution in [-0.4, -0.2) is 25.0 Å². The maximum Gasteiger partial charge on any atom is 0.198 e. The van der Waals surface area contributed by atoms with E-state index in [-0.39, 0.29) is 0 Å². The Hall–Kier alpha value is -2.73. The number of rotatable bonds is 1. The Labute approximate surface area is 88.1 Å². The molecule has 2 aromatic heterocycles. The van der Waals surface area contributed by atoms with Gasteiger partial charge in [0.15, 0.2) is 5.65 Å². The Morgan fingerprint density at radius 2 is 2.31 bits per heavy atom. The fraction of sp³-hybridized carbons (Fsp3) is 0. The highest BCUT2D eigenvalue weighted by molar-refractivity contribution is 5.79. The lowest BCUT2D eigenvalue weighted by Crippen LogP contribution is -1.92. The zero-order valence-corrected chi connectivity index (χ0v) is 7.89. The van der Waals surface area contributed by atoms with Crippen molar-refractivity contribution in [3.63, 3.8) is 0 Å². The lowest BCUT2D eigenvalue weighted by atomic mass is 10.2. The van der Waals surface area contributed by atoms with Crippen LogP contribution < -0.4 is 0 Å². The Morgan fingerprint density at radius 3 is 3.19 bits per heavy atom. The largest absolute Gasteiger partial charge is 0.251 e. The molecule has 0 N–H and O–H groups in total. The van der Waals surface area contributed by atoms with Gasteiger partial charge in [0.05, 0.1) is 17.2 Å². The summed E-state index contributed by atoms with van der Waals surface area (Å²) in [7, 11) is 0. The van der Waals surface area contributed by atoms with E-state index in [1.807, 2.05) is 0 Å². The summed E-state index contributed by atoms with van der Waals surface area (Å²) >= 11 is 0. The van der Waals surface area contributed by atoms with Crippen LogP contribution >= 0.6 is 0 Å². The molecule has 0 amide bonds. The van der Waals surface area contributed by atoms with Crippen LogP contribution in [0.5, 0.6) is 0 Å². The van der Waals surface area contributed by atoms with Crippen LogP contribution in [0.1, 0.15) is 0 Å². The summed E-state index contributed by atoms with van der Waals surface area (Å²) in [5.41, 5.74) is 10.8. The number of azide groups is 1. The van der Waals surface area contributed by atoms with E-state index in [9.17, 15) is 0 Å². The summed E-state index contributed by atoms with van der Waals surface area (Å²) in [6, 6.07) is 5.12. The molecule has 0 radical (unpaired) electrons. The summed E-state index contributed by atoms with van der Waals surface area (Å²) in [5, 5.41) is 14.7. The van der Waals surface area contributed by atoms with Crippen LogP contribution in [0.15, 0.2) is 29.5 Å². The monoisotopic (exact) mass is 212 g/mol. The first-order valence-electron chi connectivity index (χ1n) is 4.40. The second-order valence-electron chi connectivity index (χ2n) is 3.07. The predicted molar refractivity (Wildman–Crippen MR) is 54.9 cm³/mol. The quantitative estimate of drug-likeness (QED) is 0.347. The Morgan fingerprint density at radius 1 is 1.38 bits per heavy atom. The zero-order valence-electron chi connectivity index (χ0n) is 7.89. The van der Waals surface area contributed by atoms with Crippen molar-refractivity contribution in [3.05, 3.63) is 34.8 Å². The Bertz CT molecular complexity index is 723. The molecule has 0 fully saturated rings. The molecular formula is C8H4N8. The minimum Gasteiger partial charge on any atom is -0.251 e. The fourth-order valence-corrected chi connectivity index (χ4v) is 1.48. The summed E-state index contributed by atoms with van der Waals surface area (Å²) in [5.74, 6) is 0. The van der Waals surface area contributed by atoms with Crippen LogP contribution in [0.2, 0.25) is 0 Å². The molecule has 2 heterocycles. The van der Waals surface area contributed by atoms with E-state index in [1.165, 1.54) is 0 Å². The maximum absolute atomic E-state index is 8.33. The molecule has 0 aliphatic carbocycles. The van der Waals surface area contributed by atoms with Crippen LogP contribution in [0.25, 0.3) is 27.1 Å². The van der Waals surface area contributed by atoms with E-state index in [0.717, 1.165) is 5.52 Å². The normalized spacial score (nSPS) is 10.5. The van der Waals surface area contributed by atoms with E-state index in [0.29, 0.717) is 16.9 Å². The van der Waals surface area contributed by atoms with Gasteiger partial charge in [-0.1, -0.05) is 11.2 Å². The first-order valence-corrected chi connectivity index (χ1v) is 4.40. The average Bonchev–Trinajstić information content (AvgIpc) is 2.77. The van der Waals surface area contributed by atoms with Crippen molar-refractivity contribution in [2.75, 3.05) is 0 Å². The minimum atomic E-state index is 0.509. The maximum atomic E-state index is 8.33. The van der Waals surface area contributed by atoms with Gasteiger partial charge in [0, 0.05) is 10.6 Å². The van der Waals surface area contributed by atoms with Crippen LogP contribution in [-0.2, 0) is 0 Å². The third-order valence-electron chi connectivity index (χ3n) is 2.16. The van der Waals surface area contributed by atoms with E-state index in [4.69, 9.17) is 5.53 Å². The molecule has 0 saturated heterocycles. The number of hydrogen-bond acceptors (Lipinski definition) is 5. The first-order chi connectivity index (χ1) is 7.88. The molecule has 3 rings (SSSR count). The molecule has 0 aliphatic heterocycles. The fourth-order valence-electron chi connectivity index (χ4n) is 1.48. The standard InChI is InChI=1S/C8H4N8/c9-13-11-5-1-2-7-6(3-5)10-4-8-12-14-15-16(7)8/h1-4H. The van der Waals surface area contributed by atoms with E-state index < -0.39 is 0 Å². The van der Waals surface area contributed by atoms with Crippen LogP contribution in [0.3, 0.4) is 0 Å². The van der Waals surface area contributed by atoms with Crippen molar-refractivity contribution in [2.24, 2.45) is 5.11 Å².